The van der Waals surface area contributed by atoms with Gasteiger partial charge in [0.2, 0.25) is 0 Å². The van der Waals surface area contributed by atoms with E-state index in [0.717, 1.165) is 24.2 Å². The first-order valence-corrected chi connectivity index (χ1v) is 8.89. The molecule has 1 heterocycles. The van der Waals surface area contributed by atoms with E-state index in [1.807, 2.05) is 12.1 Å². The molecule has 3 rings (SSSR count). The lowest BCUT2D eigenvalue weighted by atomic mass is 9.98. The zero-order valence-corrected chi connectivity index (χ0v) is 15.5. The predicted octanol–water partition coefficient (Wildman–Crippen LogP) is 4.23. The number of hydrogen-bond acceptors (Lipinski definition) is 4. The van der Waals surface area contributed by atoms with E-state index in [0.29, 0.717) is 17.5 Å². The minimum atomic E-state index is -1.01. The van der Waals surface area contributed by atoms with Crippen molar-refractivity contribution in [1.29, 1.82) is 0 Å². The highest BCUT2D eigenvalue weighted by Crippen LogP contribution is 2.40. The summed E-state index contributed by atoms with van der Waals surface area (Å²) in [7, 11) is 3.07. The Balaban J connectivity index is 1.96. The third-order valence-electron chi connectivity index (χ3n) is 5.12. The fourth-order valence-electron chi connectivity index (χ4n) is 3.59. The maximum absolute atomic E-state index is 11.3. The van der Waals surface area contributed by atoms with Crippen LogP contribution in [0.2, 0.25) is 0 Å². The molecule has 1 aliphatic rings. The second kappa shape index (κ2) is 7.79. The molecule has 0 unspecified atom stereocenters. The van der Waals surface area contributed by atoms with Gasteiger partial charge >= 0.3 is 5.97 Å². The number of ether oxygens (including phenoxy) is 2. The Bertz CT molecular complexity index is 754. The van der Waals surface area contributed by atoms with E-state index in [9.17, 15) is 9.90 Å². The smallest absolute Gasteiger partial charge is 0.335 e. The molecule has 1 fully saturated rings. The van der Waals surface area contributed by atoms with E-state index in [-0.39, 0.29) is 5.56 Å². The normalized spacial score (nSPS) is 15.7. The van der Waals surface area contributed by atoms with Crippen molar-refractivity contribution in [3.63, 3.8) is 0 Å². The first-order chi connectivity index (χ1) is 12.5. The second-order valence-electron chi connectivity index (χ2n) is 6.60. The summed E-state index contributed by atoms with van der Waals surface area (Å²) in [5.74, 6) is -0.0351. The summed E-state index contributed by atoms with van der Waals surface area (Å²) in [6.07, 6.45) is 2.54. The third kappa shape index (κ3) is 3.53. The summed E-state index contributed by atoms with van der Waals surface area (Å²) >= 11 is 0. The maximum Gasteiger partial charge on any atom is 0.335 e. The summed E-state index contributed by atoms with van der Waals surface area (Å²) in [5, 5.41) is 9.27. The molecule has 138 valence electrons. The molecule has 1 atom stereocenters. The summed E-state index contributed by atoms with van der Waals surface area (Å²) in [5.41, 5.74) is 3.12. The van der Waals surface area contributed by atoms with E-state index in [4.69, 9.17) is 9.47 Å². The topological polar surface area (TPSA) is 59.0 Å². The van der Waals surface area contributed by atoms with Gasteiger partial charge in [0.1, 0.15) is 11.5 Å². The Hall–Kier alpha value is -2.53. The Morgan fingerprint density at radius 1 is 1.04 bits per heavy atom. The highest BCUT2D eigenvalue weighted by molar-refractivity contribution is 5.91. The van der Waals surface area contributed by atoms with Crippen molar-refractivity contribution < 1.29 is 19.4 Å². The molecule has 0 amide bonds. The van der Waals surface area contributed by atoms with Gasteiger partial charge in [0.25, 0.3) is 0 Å². The number of carboxylic acids is 1. The van der Waals surface area contributed by atoms with Crippen LogP contribution in [0.25, 0.3) is 11.1 Å². The monoisotopic (exact) mass is 355 g/mol. The fraction of sp³-hybridized carbons (Fsp3) is 0.381. The quantitative estimate of drug-likeness (QED) is 0.840. The van der Waals surface area contributed by atoms with E-state index in [1.165, 1.54) is 44.8 Å². The molecule has 2 aromatic carbocycles. The number of benzene rings is 2. The number of aromatic carboxylic acids is 1. The molecule has 0 saturated carbocycles. The molecule has 1 N–H and O–H groups in total. The largest absolute Gasteiger partial charge is 0.496 e. The standard InChI is InChI=1S/C21H25NO4/c1-14(22-10-4-5-11-22)15-6-8-16(9-7-15)20-18(25-2)12-17(21(23)24)13-19(20)26-3/h6-9,12-14H,4-5,10-11H2,1-3H3,(H,23,24)/t14-/m1/s1. The zero-order chi connectivity index (χ0) is 18.7. The Morgan fingerprint density at radius 3 is 2.04 bits per heavy atom. The molecule has 0 radical (unpaired) electrons. The minimum Gasteiger partial charge on any atom is -0.496 e. The van der Waals surface area contributed by atoms with Crippen LogP contribution in [0, 0.1) is 0 Å². The number of carbonyl (C=O) groups is 1. The third-order valence-corrected chi connectivity index (χ3v) is 5.12. The van der Waals surface area contributed by atoms with Crippen molar-refractivity contribution in [2.75, 3.05) is 27.3 Å². The lowest BCUT2D eigenvalue weighted by Gasteiger charge is -2.24. The van der Waals surface area contributed by atoms with Gasteiger partial charge in [-0.15, -0.1) is 0 Å². The lowest BCUT2D eigenvalue weighted by molar-refractivity contribution is 0.0696. The highest BCUT2D eigenvalue weighted by atomic mass is 16.5. The van der Waals surface area contributed by atoms with Gasteiger partial charge in [0, 0.05) is 6.04 Å². The highest BCUT2D eigenvalue weighted by Gasteiger charge is 2.21. The molecule has 1 aliphatic heterocycles. The first kappa shape index (κ1) is 18.3. The fourth-order valence-corrected chi connectivity index (χ4v) is 3.59. The van der Waals surface area contributed by atoms with E-state index >= 15 is 0 Å². The van der Waals surface area contributed by atoms with Crippen LogP contribution >= 0.6 is 0 Å². The molecule has 0 bridgehead atoms. The number of hydrogen-bond donors (Lipinski definition) is 1. The van der Waals surface area contributed by atoms with Crippen molar-refractivity contribution in [2.24, 2.45) is 0 Å². The lowest BCUT2D eigenvalue weighted by Crippen LogP contribution is -2.23. The maximum atomic E-state index is 11.3. The summed E-state index contributed by atoms with van der Waals surface area (Å²) < 4.78 is 10.9. The number of carboxylic acid groups (broad SMARTS) is 1. The van der Waals surface area contributed by atoms with Crippen molar-refractivity contribution in [1.82, 2.24) is 4.90 Å². The number of nitrogens with zero attached hydrogens (tertiary/aromatic N) is 1. The van der Waals surface area contributed by atoms with E-state index in [1.54, 1.807) is 0 Å². The van der Waals surface area contributed by atoms with Crippen LogP contribution in [0.3, 0.4) is 0 Å². The van der Waals surface area contributed by atoms with Crippen molar-refractivity contribution >= 4 is 5.97 Å². The van der Waals surface area contributed by atoms with Gasteiger partial charge in [-0.05, 0) is 56.1 Å². The van der Waals surface area contributed by atoms with Crippen LogP contribution < -0.4 is 9.47 Å². The van der Waals surface area contributed by atoms with Gasteiger partial charge in [-0.2, -0.15) is 0 Å². The van der Waals surface area contributed by atoms with Crippen LogP contribution in [-0.4, -0.2) is 43.3 Å². The van der Waals surface area contributed by atoms with Crippen LogP contribution in [0.4, 0.5) is 0 Å². The first-order valence-electron chi connectivity index (χ1n) is 8.89. The van der Waals surface area contributed by atoms with Gasteiger partial charge < -0.3 is 14.6 Å². The molecule has 0 aliphatic carbocycles. The molecule has 5 heteroatoms. The second-order valence-corrected chi connectivity index (χ2v) is 6.60. The number of methoxy groups -OCH3 is 2. The van der Waals surface area contributed by atoms with Gasteiger partial charge in [0.05, 0.1) is 25.3 Å². The van der Waals surface area contributed by atoms with Crippen LogP contribution in [0.5, 0.6) is 11.5 Å². The van der Waals surface area contributed by atoms with Gasteiger partial charge in [0.15, 0.2) is 0 Å². The summed E-state index contributed by atoms with van der Waals surface area (Å²) in [6, 6.07) is 11.8. The average Bonchev–Trinajstić information content (AvgIpc) is 3.21. The van der Waals surface area contributed by atoms with E-state index < -0.39 is 5.97 Å². The molecule has 0 spiro atoms. The summed E-state index contributed by atoms with van der Waals surface area (Å²) in [4.78, 5) is 13.8. The van der Waals surface area contributed by atoms with E-state index in [2.05, 4.69) is 24.0 Å². The van der Waals surface area contributed by atoms with Crippen molar-refractivity contribution in [2.45, 2.75) is 25.8 Å². The van der Waals surface area contributed by atoms with Crippen LogP contribution in [0.15, 0.2) is 36.4 Å². The minimum absolute atomic E-state index is 0.140. The van der Waals surface area contributed by atoms with Crippen LogP contribution in [-0.2, 0) is 0 Å². The molecule has 1 saturated heterocycles. The molecule has 26 heavy (non-hydrogen) atoms. The SMILES string of the molecule is COc1cc(C(=O)O)cc(OC)c1-c1ccc([C@@H](C)N2CCCC2)cc1. The number of likely N-dealkylation sites (tertiary alicyclic amines) is 1. The number of rotatable bonds is 6. The van der Waals surface area contributed by atoms with Gasteiger partial charge in [-0.25, -0.2) is 4.79 Å². The Morgan fingerprint density at radius 2 is 1.58 bits per heavy atom. The van der Waals surface area contributed by atoms with Crippen molar-refractivity contribution in [3.8, 4) is 22.6 Å². The zero-order valence-electron chi connectivity index (χ0n) is 15.5. The molecule has 5 nitrogen and oxygen atoms in total. The Kier molecular flexibility index (Phi) is 5.47. The van der Waals surface area contributed by atoms with Gasteiger partial charge in [-0.3, -0.25) is 4.90 Å². The molecular formula is C21H25NO4. The van der Waals surface area contributed by atoms with Crippen molar-refractivity contribution in [3.05, 3.63) is 47.5 Å². The molecule has 2 aromatic rings. The molecular weight excluding hydrogens is 330 g/mol. The van der Waals surface area contributed by atoms with Crippen LogP contribution in [0.1, 0.15) is 41.7 Å². The average molecular weight is 355 g/mol. The van der Waals surface area contributed by atoms with Gasteiger partial charge in [-0.1, -0.05) is 24.3 Å². The Labute approximate surface area is 154 Å². The molecule has 0 aromatic heterocycles. The summed E-state index contributed by atoms with van der Waals surface area (Å²) in [6.45, 7) is 4.55. The predicted molar refractivity (Wildman–Crippen MR) is 101 cm³/mol.